The summed E-state index contributed by atoms with van der Waals surface area (Å²) in [6.45, 7) is 4.44. The second-order valence-electron chi connectivity index (χ2n) is 7.45. The molecule has 0 fully saturated rings. The van der Waals surface area contributed by atoms with Crippen LogP contribution in [0.2, 0.25) is 0 Å². The number of aryl methyl sites for hydroxylation is 2. The van der Waals surface area contributed by atoms with E-state index in [1.165, 1.54) is 7.11 Å². The Kier molecular flexibility index (Phi) is 6.50. The summed E-state index contributed by atoms with van der Waals surface area (Å²) in [5.74, 6) is 0.802. The van der Waals surface area contributed by atoms with Crippen molar-refractivity contribution in [2.75, 3.05) is 33.2 Å². The summed E-state index contributed by atoms with van der Waals surface area (Å²) >= 11 is 0. The van der Waals surface area contributed by atoms with Gasteiger partial charge in [0.2, 0.25) is 0 Å². The normalized spacial score (nSPS) is 15.2. The van der Waals surface area contributed by atoms with Crippen LogP contribution in [0.1, 0.15) is 34.7 Å². The Morgan fingerprint density at radius 3 is 2.23 bits per heavy atom. The number of methoxy groups -OCH3 is 3. The highest BCUT2D eigenvalue weighted by Crippen LogP contribution is 2.39. The minimum Gasteiger partial charge on any atom is -0.493 e. The molecule has 1 N–H and O–H groups in total. The first kappa shape index (κ1) is 21.5. The number of nitrogens with zero attached hydrogens (tertiary/aromatic N) is 1. The zero-order valence-electron chi connectivity index (χ0n) is 18.1. The van der Waals surface area contributed by atoms with Gasteiger partial charge in [-0.3, -0.25) is 4.79 Å². The van der Waals surface area contributed by atoms with Gasteiger partial charge in [-0.25, -0.2) is 4.79 Å². The minimum absolute atomic E-state index is 0.0548. The monoisotopic (exact) mass is 412 g/mol. The number of ether oxygens (including phenoxy) is 3. The van der Waals surface area contributed by atoms with Crippen molar-refractivity contribution in [2.24, 2.45) is 0 Å². The number of carbonyl (C=O) groups excluding carboxylic acids is 2. The van der Waals surface area contributed by atoms with Crippen molar-refractivity contribution in [3.05, 3.63) is 52.6 Å². The Morgan fingerprint density at radius 2 is 1.63 bits per heavy atom. The third-order valence-electron chi connectivity index (χ3n) is 5.32. The number of benzene rings is 2. The van der Waals surface area contributed by atoms with Gasteiger partial charge >= 0.3 is 12.0 Å². The molecule has 0 aliphatic carbocycles. The van der Waals surface area contributed by atoms with Crippen LogP contribution in [0.3, 0.4) is 0 Å². The quantitative estimate of drug-likeness (QED) is 0.751. The summed E-state index contributed by atoms with van der Waals surface area (Å²) in [6, 6.07) is 8.93. The molecule has 0 unspecified atom stereocenters. The number of anilines is 1. The number of hydrogen-bond acceptors (Lipinski definition) is 5. The van der Waals surface area contributed by atoms with E-state index in [-0.39, 0.29) is 18.4 Å². The van der Waals surface area contributed by atoms with Gasteiger partial charge in [-0.15, -0.1) is 0 Å². The van der Waals surface area contributed by atoms with Crippen LogP contribution < -0.4 is 14.8 Å². The van der Waals surface area contributed by atoms with Crippen molar-refractivity contribution in [2.45, 2.75) is 32.7 Å². The van der Waals surface area contributed by atoms with Crippen molar-refractivity contribution in [1.29, 1.82) is 0 Å². The maximum atomic E-state index is 13.2. The molecule has 2 aromatic carbocycles. The molecular weight excluding hydrogens is 384 g/mol. The molecule has 0 bridgehead atoms. The van der Waals surface area contributed by atoms with E-state index < -0.39 is 6.04 Å². The van der Waals surface area contributed by atoms with Crippen LogP contribution in [0, 0.1) is 13.8 Å². The summed E-state index contributed by atoms with van der Waals surface area (Å²) in [7, 11) is 4.50. The third-order valence-corrected chi connectivity index (χ3v) is 5.32. The summed E-state index contributed by atoms with van der Waals surface area (Å²) in [5.41, 5.74) is 4.75. The number of hydrogen-bond donors (Lipinski definition) is 1. The van der Waals surface area contributed by atoms with Crippen LogP contribution in [0.5, 0.6) is 11.5 Å². The molecule has 7 heteroatoms. The topological polar surface area (TPSA) is 77.1 Å². The fourth-order valence-electron chi connectivity index (χ4n) is 3.97. The van der Waals surface area contributed by atoms with Crippen LogP contribution in [0.4, 0.5) is 10.5 Å². The number of fused-ring (bicyclic) bond motifs is 1. The fourth-order valence-corrected chi connectivity index (χ4v) is 3.97. The van der Waals surface area contributed by atoms with Crippen LogP contribution in [0.15, 0.2) is 30.3 Å². The number of urea groups is 1. The molecule has 3 rings (SSSR count). The zero-order chi connectivity index (χ0) is 21.8. The number of rotatable bonds is 5. The van der Waals surface area contributed by atoms with Gasteiger partial charge in [-0.2, -0.15) is 0 Å². The highest BCUT2D eigenvalue weighted by molar-refractivity contribution is 5.90. The molecule has 2 amide bonds. The van der Waals surface area contributed by atoms with Gasteiger partial charge in [0.1, 0.15) is 0 Å². The molecule has 160 valence electrons. The first-order chi connectivity index (χ1) is 14.4. The first-order valence-corrected chi connectivity index (χ1v) is 9.83. The largest absolute Gasteiger partial charge is 0.493 e. The Morgan fingerprint density at radius 1 is 1.00 bits per heavy atom. The molecule has 2 aromatic rings. The standard InChI is InChI=1S/C23H28N2O5/c1-14-8-15(2)10-17(9-14)24-23(27)25-7-6-16-11-20(28-3)21(29-4)12-18(16)19(25)13-22(26)30-5/h8-12,19H,6-7,13H2,1-5H3,(H,24,27)/t19-/m1/s1. The second-order valence-corrected chi connectivity index (χ2v) is 7.45. The molecule has 1 aliphatic heterocycles. The summed E-state index contributed by atoms with van der Waals surface area (Å²) in [4.78, 5) is 27.0. The fraction of sp³-hybridized carbons (Fsp3) is 0.391. The van der Waals surface area contributed by atoms with E-state index in [4.69, 9.17) is 14.2 Å². The third kappa shape index (κ3) is 4.50. The SMILES string of the molecule is COC(=O)C[C@@H]1c2cc(OC)c(OC)cc2CCN1C(=O)Nc1cc(C)cc(C)c1. The van der Waals surface area contributed by atoms with E-state index in [1.54, 1.807) is 19.1 Å². The Bertz CT molecular complexity index is 937. The van der Waals surface area contributed by atoms with Gasteiger partial charge in [0.25, 0.3) is 0 Å². The molecule has 0 saturated heterocycles. The molecule has 1 heterocycles. The van der Waals surface area contributed by atoms with Crippen molar-refractivity contribution in [3.8, 4) is 11.5 Å². The van der Waals surface area contributed by atoms with Crippen molar-refractivity contribution < 1.29 is 23.8 Å². The Balaban J connectivity index is 1.95. The van der Waals surface area contributed by atoms with Gasteiger partial charge in [0.05, 0.1) is 33.8 Å². The highest BCUT2D eigenvalue weighted by Gasteiger charge is 2.34. The predicted octanol–water partition coefficient (Wildman–Crippen LogP) is 4.02. The zero-order valence-corrected chi connectivity index (χ0v) is 18.1. The van der Waals surface area contributed by atoms with E-state index in [0.717, 1.165) is 27.9 Å². The number of amides is 2. The van der Waals surface area contributed by atoms with E-state index in [2.05, 4.69) is 5.32 Å². The van der Waals surface area contributed by atoms with Gasteiger partial charge in [-0.05, 0) is 66.8 Å². The van der Waals surface area contributed by atoms with Gasteiger partial charge in [0.15, 0.2) is 11.5 Å². The maximum Gasteiger partial charge on any atom is 0.322 e. The van der Waals surface area contributed by atoms with Crippen molar-refractivity contribution >= 4 is 17.7 Å². The minimum atomic E-state index is -0.466. The molecule has 1 atom stereocenters. The van der Waals surface area contributed by atoms with E-state index >= 15 is 0 Å². The van der Waals surface area contributed by atoms with Crippen molar-refractivity contribution in [3.63, 3.8) is 0 Å². The van der Waals surface area contributed by atoms with Gasteiger partial charge in [0, 0.05) is 12.2 Å². The Labute approximate surface area is 176 Å². The molecule has 1 aliphatic rings. The predicted molar refractivity (Wildman–Crippen MR) is 114 cm³/mol. The lowest BCUT2D eigenvalue weighted by Gasteiger charge is -2.37. The lowest BCUT2D eigenvalue weighted by molar-refractivity contribution is -0.141. The highest BCUT2D eigenvalue weighted by atomic mass is 16.5. The van der Waals surface area contributed by atoms with Gasteiger partial charge in [-0.1, -0.05) is 6.07 Å². The summed E-state index contributed by atoms with van der Waals surface area (Å²) < 4.78 is 15.7. The number of nitrogens with one attached hydrogen (secondary N) is 1. The van der Waals surface area contributed by atoms with E-state index in [9.17, 15) is 9.59 Å². The second kappa shape index (κ2) is 9.07. The van der Waals surface area contributed by atoms with Crippen molar-refractivity contribution in [1.82, 2.24) is 4.90 Å². The molecule has 7 nitrogen and oxygen atoms in total. The summed E-state index contributed by atoms with van der Waals surface area (Å²) in [5, 5.41) is 2.98. The number of carbonyl (C=O) groups is 2. The lowest BCUT2D eigenvalue weighted by Crippen LogP contribution is -2.43. The lowest BCUT2D eigenvalue weighted by atomic mass is 9.90. The van der Waals surface area contributed by atoms with E-state index in [1.807, 2.05) is 44.2 Å². The van der Waals surface area contributed by atoms with Crippen LogP contribution in [0.25, 0.3) is 0 Å². The van der Waals surface area contributed by atoms with E-state index in [0.29, 0.717) is 24.5 Å². The van der Waals surface area contributed by atoms with Gasteiger partial charge < -0.3 is 24.4 Å². The Hall–Kier alpha value is -3.22. The molecule has 30 heavy (non-hydrogen) atoms. The average molecular weight is 412 g/mol. The number of esters is 1. The molecule has 0 radical (unpaired) electrons. The first-order valence-electron chi connectivity index (χ1n) is 9.83. The summed E-state index contributed by atoms with van der Waals surface area (Å²) in [6.07, 6.45) is 0.701. The van der Waals surface area contributed by atoms with Crippen LogP contribution in [-0.2, 0) is 16.0 Å². The molecular formula is C23H28N2O5. The van der Waals surface area contributed by atoms with Crippen LogP contribution in [-0.4, -0.2) is 44.8 Å². The molecule has 0 aromatic heterocycles. The smallest absolute Gasteiger partial charge is 0.322 e. The molecule has 0 saturated carbocycles. The maximum absolute atomic E-state index is 13.2. The molecule has 0 spiro atoms. The van der Waals surface area contributed by atoms with Crippen LogP contribution >= 0.6 is 0 Å². The average Bonchev–Trinajstić information content (AvgIpc) is 2.71.